The second-order valence-electron chi connectivity index (χ2n) is 6.25. The Morgan fingerprint density at radius 3 is 2.38 bits per heavy atom. The molecule has 0 aliphatic rings. The van der Waals surface area contributed by atoms with Gasteiger partial charge in [0.2, 0.25) is 5.82 Å². The highest BCUT2D eigenvalue weighted by atomic mass is 16.2. The summed E-state index contributed by atoms with van der Waals surface area (Å²) in [5.41, 5.74) is 4.12. The van der Waals surface area contributed by atoms with Crippen molar-refractivity contribution in [2.75, 3.05) is 10.6 Å². The summed E-state index contributed by atoms with van der Waals surface area (Å²) in [5.74, 6) is -0.0307. The lowest BCUT2D eigenvalue weighted by atomic mass is 10.1. The molecule has 0 unspecified atom stereocenters. The van der Waals surface area contributed by atoms with Crippen LogP contribution in [0.2, 0.25) is 0 Å². The summed E-state index contributed by atoms with van der Waals surface area (Å²) in [4.78, 5) is 28.9. The SMILES string of the molecule is Cc1cccc(NC(=O)Nc2nccn(-c3cc(C)cc(C)c3)c2=O)c1. The van der Waals surface area contributed by atoms with Gasteiger partial charge in [0.15, 0.2) is 0 Å². The summed E-state index contributed by atoms with van der Waals surface area (Å²) < 4.78 is 1.47. The second kappa shape index (κ2) is 7.23. The third-order valence-electron chi connectivity index (χ3n) is 3.83. The molecule has 2 amide bonds. The minimum absolute atomic E-state index is 0.0307. The fraction of sp³-hybridized carbons (Fsp3) is 0.150. The highest BCUT2D eigenvalue weighted by Crippen LogP contribution is 2.13. The Labute approximate surface area is 151 Å². The van der Waals surface area contributed by atoms with Crippen LogP contribution >= 0.6 is 0 Å². The zero-order valence-corrected chi connectivity index (χ0v) is 14.9. The van der Waals surface area contributed by atoms with Crippen molar-refractivity contribution < 1.29 is 4.79 Å². The number of benzene rings is 2. The van der Waals surface area contributed by atoms with E-state index in [0.717, 1.165) is 22.4 Å². The molecule has 0 radical (unpaired) electrons. The summed E-state index contributed by atoms with van der Waals surface area (Å²) >= 11 is 0. The third-order valence-corrected chi connectivity index (χ3v) is 3.83. The summed E-state index contributed by atoms with van der Waals surface area (Å²) in [5, 5.41) is 5.22. The fourth-order valence-corrected chi connectivity index (χ4v) is 2.78. The average Bonchev–Trinajstić information content (AvgIpc) is 2.56. The van der Waals surface area contributed by atoms with Crippen LogP contribution < -0.4 is 16.2 Å². The van der Waals surface area contributed by atoms with E-state index in [9.17, 15) is 9.59 Å². The summed E-state index contributed by atoms with van der Waals surface area (Å²) in [7, 11) is 0. The fourth-order valence-electron chi connectivity index (χ4n) is 2.78. The zero-order chi connectivity index (χ0) is 18.7. The maximum absolute atomic E-state index is 12.7. The maximum Gasteiger partial charge on any atom is 0.325 e. The van der Waals surface area contributed by atoms with Crippen LogP contribution in [0.3, 0.4) is 0 Å². The summed E-state index contributed by atoms with van der Waals surface area (Å²) in [6, 6.07) is 12.7. The van der Waals surface area contributed by atoms with E-state index >= 15 is 0 Å². The largest absolute Gasteiger partial charge is 0.325 e. The predicted molar refractivity (Wildman–Crippen MR) is 103 cm³/mol. The Balaban J connectivity index is 1.85. The molecular formula is C20H20N4O2. The zero-order valence-electron chi connectivity index (χ0n) is 14.9. The standard InChI is InChI=1S/C20H20N4O2/c1-13-5-4-6-16(10-13)22-20(26)23-18-19(25)24(8-7-21-18)17-11-14(2)9-15(3)12-17/h4-12H,1-3H3,(H2,21,22,23,26). The van der Waals surface area contributed by atoms with Crippen molar-refractivity contribution in [2.24, 2.45) is 0 Å². The lowest BCUT2D eigenvalue weighted by molar-refractivity contribution is 0.262. The quantitative estimate of drug-likeness (QED) is 0.756. The van der Waals surface area contributed by atoms with Crippen molar-refractivity contribution in [1.82, 2.24) is 9.55 Å². The summed E-state index contributed by atoms with van der Waals surface area (Å²) in [6.45, 7) is 5.87. The molecule has 0 aliphatic carbocycles. The van der Waals surface area contributed by atoms with Crippen LogP contribution in [-0.4, -0.2) is 15.6 Å². The number of nitrogens with one attached hydrogen (secondary N) is 2. The monoisotopic (exact) mass is 348 g/mol. The van der Waals surface area contributed by atoms with Gasteiger partial charge in [-0.2, -0.15) is 0 Å². The van der Waals surface area contributed by atoms with Gasteiger partial charge in [0, 0.05) is 23.8 Å². The molecule has 2 aromatic carbocycles. The molecule has 2 N–H and O–H groups in total. The first-order valence-electron chi connectivity index (χ1n) is 8.23. The number of aryl methyl sites for hydroxylation is 3. The number of carbonyl (C=O) groups is 1. The van der Waals surface area contributed by atoms with Gasteiger partial charge in [-0.1, -0.05) is 18.2 Å². The lowest BCUT2D eigenvalue weighted by Crippen LogP contribution is -2.28. The number of amides is 2. The Morgan fingerprint density at radius 1 is 0.962 bits per heavy atom. The number of hydrogen-bond acceptors (Lipinski definition) is 3. The van der Waals surface area contributed by atoms with E-state index in [0.29, 0.717) is 5.69 Å². The Morgan fingerprint density at radius 2 is 1.69 bits per heavy atom. The second-order valence-corrected chi connectivity index (χ2v) is 6.25. The van der Waals surface area contributed by atoms with Crippen LogP contribution in [0.4, 0.5) is 16.3 Å². The normalized spacial score (nSPS) is 10.4. The van der Waals surface area contributed by atoms with Crippen LogP contribution in [0.25, 0.3) is 5.69 Å². The minimum atomic E-state index is -0.515. The van der Waals surface area contributed by atoms with E-state index in [-0.39, 0.29) is 5.82 Å². The first-order valence-corrected chi connectivity index (χ1v) is 8.23. The molecule has 3 aromatic rings. The van der Waals surface area contributed by atoms with Gasteiger partial charge < -0.3 is 5.32 Å². The van der Waals surface area contributed by atoms with Crippen LogP contribution in [0.15, 0.2) is 59.7 Å². The maximum atomic E-state index is 12.7. The molecule has 6 heteroatoms. The van der Waals surface area contributed by atoms with Gasteiger partial charge in [-0.25, -0.2) is 9.78 Å². The number of carbonyl (C=O) groups excluding carboxylic acids is 1. The van der Waals surface area contributed by atoms with E-state index in [1.807, 2.05) is 57.2 Å². The van der Waals surface area contributed by atoms with E-state index in [1.165, 1.54) is 10.8 Å². The molecule has 0 bridgehead atoms. The molecule has 132 valence electrons. The van der Waals surface area contributed by atoms with Crippen LogP contribution in [0, 0.1) is 20.8 Å². The molecule has 26 heavy (non-hydrogen) atoms. The van der Waals surface area contributed by atoms with E-state index in [2.05, 4.69) is 15.6 Å². The Bertz CT molecular complexity index is 1000. The smallest absolute Gasteiger partial charge is 0.308 e. The average molecular weight is 348 g/mol. The van der Waals surface area contributed by atoms with Crippen LogP contribution in [0.1, 0.15) is 16.7 Å². The molecule has 3 rings (SSSR count). The minimum Gasteiger partial charge on any atom is -0.308 e. The van der Waals surface area contributed by atoms with Gasteiger partial charge in [0.25, 0.3) is 5.56 Å². The Kier molecular flexibility index (Phi) is 4.84. The topological polar surface area (TPSA) is 76.0 Å². The number of nitrogens with zero attached hydrogens (tertiary/aromatic N) is 2. The van der Waals surface area contributed by atoms with Crippen molar-refractivity contribution >= 4 is 17.5 Å². The molecule has 1 heterocycles. The molecule has 0 fully saturated rings. The summed E-state index contributed by atoms with van der Waals surface area (Å²) in [6.07, 6.45) is 3.07. The van der Waals surface area contributed by atoms with Gasteiger partial charge >= 0.3 is 6.03 Å². The molecule has 0 saturated heterocycles. The number of hydrogen-bond donors (Lipinski definition) is 2. The van der Waals surface area contributed by atoms with Crippen LogP contribution in [-0.2, 0) is 0 Å². The molecule has 0 aliphatic heterocycles. The third kappa shape index (κ3) is 3.97. The van der Waals surface area contributed by atoms with Gasteiger partial charge in [-0.15, -0.1) is 0 Å². The number of urea groups is 1. The molecule has 6 nitrogen and oxygen atoms in total. The molecular weight excluding hydrogens is 328 g/mol. The van der Waals surface area contributed by atoms with Gasteiger partial charge in [-0.05, 0) is 61.7 Å². The van der Waals surface area contributed by atoms with Crippen LogP contribution in [0.5, 0.6) is 0 Å². The van der Waals surface area contributed by atoms with Gasteiger partial charge in [0.05, 0.1) is 0 Å². The van der Waals surface area contributed by atoms with E-state index < -0.39 is 11.6 Å². The molecule has 0 atom stereocenters. The number of aromatic nitrogens is 2. The highest BCUT2D eigenvalue weighted by Gasteiger charge is 2.11. The van der Waals surface area contributed by atoms with E-state index in [4.69, 9.17) is 0 Å². The molecule has 0 spiro atoms. The van der Waals surface area contributed by atoms with Crippen molar-refractivity contribution in [3.8, 4) is 5.69 Å². The van der Waals surface area contributed by atoms with Gasteiger partial charge in [0.1, 0.15) is 0 Å². The predicted octanol–water partition coefficient (Wildman–Crippen LogP) is 3.80. The molecule has 1 aromatic heterocycles. The first-order chi connectivity index (χ1) is 12.4. The number of rotatable bonds is 3. The van der Waals surface area contributed by atoms with Gasteiger partial charge in [-0.3, -0.25) is 14.7 Å². The highest BCUT2D eigenvalue weighted by molar-refractivity contribution is 5.99. The molecule has 0 saturated carbocycles. The Hall–Kier alpha value is -3.41. The number of anilines is 2. The first kappa shape index (κ1) is 17.4. The van der Waals surface area contributed by atoms with Crippen molar-refractivity contribution in [3.05, 3.63) is 81.9 Å². The lowest BCUT2D eigenvalue weighted by Gasteiger charge is -2.11. The van der Waals surface area contributed by atoms with Crippen molar-refractivity contribution in [2.45, 2.75) is 20.8 Å². The van der Waals surface area contributed by atoms with Crippen molar-refractivity contribution in [3.63, 3.8) is 0 Å². The van der Waals surface area contributed by atoms with E-state index in [1.54, 1.807) is 12.3 Å². The van der Waals surface area contributed by atoms with Crippen molar-refractivity contribution in [1.29, 1.82) is 0 Å².